The molecule has 5 nitrogen and oxygen atoms in total. The average molecular weight is 378 g/mol. The molecule has 0 aliphatic rings. The normalized spacial score (nSPS) is 10.2. The van der Waals surface area contributed by atoms with Gasteiger partial charge in [0, 0.05) is 5.56 Å². The average Bonchev–Trinajstić information content (AvgIpc) is 2.76. The highest BCUT2D eigenvalue weighted by Gasteiger charge is 2.10. The fourth-order valence-corrected chi connectivity index (χ4v) is 2.76. The van der Waals surface area contributed by atoms with E-state index in [2.05, 4.69) is 0 Å². The van der Waals surface area contributed by atoms with Crippen molar-refractivity contribution >= 4 is 5.97 Å². The summed E-state index contributed by atoms with van der Waals surface area (Å²) >= 11 is 0. The molecule has 0 unspecified atom stereocenters. The van der Waals surface area contributed by atoms with E-state index in [-0.39, 0.29) is 13.2 Å². The minimum absolute atomic E-state index is 0.128. The van der Waals surface area contributed by atoms with Gasteiger partial charge in [0.2, 0.25) is 0 Å². The Kier molecular flexibility index (Phi) is 6.52. The number of esters is 1. The van der Waals surface area contributed by atoms with Gasteiger partial charge in [0.25, 0.3) is 0 Å². The molecule has 0 N–H and O–H groups in total. The molecule has 3 aromatic carbocycles. The zero-order valence-corrected chi connectivity index (χ0v) is 15.9. The van der Waals surface area contributed by atoms with E-state index in [1.165, 1.54) is 0 Å². The van der Waals surface area contributed by atoms with Gasteiger partial charge in [-0.2, -0.15) is 0 Å². The van der Waals surface area contributed by atoms with Crippen LogP contribution < -0.4 is 14.2 Å². The highest BCUT2D eigenvalue weighted by Crippen LogP contribution is 2.30. The largest absolute Gasteiger partial charge is 0.493 e. The number of hydrogen-bond acceptors (Lipinski definition) is 5. The summed E-state index contributed by atoms with van der Waals surface area (Å²) in [6.45, 7) is -0.0417. The van der Waals surface area contributed by atoms with Crippen LogP contribution in [-0.4, -0.2) is 26.8 Å². The van der Waals surface area contributed by atoms with Crippen molar-refractivity contribution < 1.29 is 23.7 Å². The van der Waals surface area contributed by atoms with Crippen molar-refractivity contribution in [2.45, 2.75) is 6.61 Å². The van der Waals surface area contributed by atoms with Gasteiger partial charge in [0.1, 0.15) is 12.4 Å². The topological polar surface area (TPSA) is 54.0 Å². The summed E-state index contributed by atoms with van der Waals surface area (Å²) < 4.78 is 21.5. The Labute approximate surface area is 164 Å². The van der Waals surface area contributed by atoms with Crippen molar-refractivity contribution in [3.05, 3.63) is 78.4 Å². The van der Waals surface area contributed by atoms with E-state index in [0.29, 0.717) is 17.2 Å². The number of para-hydroxylation sites is 1. The van der Waals surface area contributed by atoms with E-state index >= 15 is 0 Å². The second-order valence-electron chi connectivity index (χ2n) is 6.00. The molecule has 0 heterocycles. The Hall–Kier alpha value is -3.47. The van der Waals surface area contributed by atoms with Crippen LogP contribution in [0.25, 0.3) is 11.1 Å². The van der Waals surface area contributed by atoms with Gasteiger partial charge < -0.3 is 18.9 Å². The van der Waals surface area contributed by atoms with E-state index < -0.39 is 5.97 Å². The van der Waals surface area contributed by atoms with Crippen molar-refractivity contribution in [2.75, 3.05) is 20.8 Å². The predicted molar refractivity (Wildman–Crippen MR) is 107 cm³/mol. The van der Waals surface area contributed by atoms with Crippen LogP contribution in [-0.2, 0) is 16.1 Å². The Morgan fingerprint density at radius 2 is 1.50 bits per heavy atom. The van der Waals surface area contributed by atoms with Crippen LogP contribution in [0.2, 0.25) is 0 Å². The van der Waals surface area contributed by atoms with Gasteiger partial charge in [0.15, 0.2) is 18.1 Å². The number of ether oxygens (including phenoxy) is 4. The number of carbonyl (C=O) groups excluding carboxylic acids is 1. The standard InChI is InChI=1S/C23H22O5/c1-25-21-13-12-17(14-22(21)26-2)15-28-23(24)16-27-20-11-7-6-10-19(20)18-8-4-3-5-9-18/h3-14H,15-16H2,1-2H3. The molecule has 0 saturated carbocycles. The third kappa shape index (κ3) is 4.82. The molecular weight excluding hydrogens is 356 g/mol. The number of benzene rings is 3. The van der Waals surface area contributed by atoms with Crippen LogP contribution in [0.1, 0.15) is 5.56 Å². The van der Waals surface area contributed by atoms with Crippen molar-refractivity contribution in [2.24, 2.45) is 0 Å². The van der Waals surface area contributed by atoms with Crippen LogP contribution in [0.4, 0.5) is 0 Å². The smallest absolute Gasteiger partial charge is 0.344 e. The number of carbonyl (C=O) groups is 1. The molecule has 0 aliphatic heterocycles. The summed E-state index contributed by atoms with van der Waals surface area (Å²) in [5.74, 6) is 1.40. The Bertz CT molecular complexity index is 921. The van der Waals surface area contributed by atoms with E-state index in [9.17, 15) is 4.79 Å². The second kappa shape index (κ2) is 9.46. The molecule has 0 aliphatic carbocycles. The maximum absolute atomic E-state index is 12.1. The zero-order chi connectivity index (χ0) is 19.8. The van der Waals surface area contributed by atoms with Crippen LogP contribution in [0.3, 0.4) is 0 Å². The van der Waals surface area contributed by atoms with E-state index in [1.807, 2.05) is 60.7 Å². The Balaban J connectivity index is 1.58. The fraction of sp³-hybridized carbons (Fsp3) is 0.174. The lowest BCUT2D eigenvalue weighted by molar-refractivity contribution is -0.147. The summed E-state index contributed by atoms with van der Waals surface area (Å²) in [5.41, 5.74) is 2.75. The molecule has 144 valence electrons. The van der Waals surface area contributed by atoms with Crippen LogP contribution in [0.15, 0.2) is 72.8 Å². The van der Waals surface area contributed by atoms with Gasteiger partial charge in [-0.1, -0.05) is 54.6 Å². The van der Waals surface area contributed by atoms with E-state index in [4.69, 9.17) is 18.9 Å². The Morgan fingerprint density at radius 3 is 2.25 bits per heavy atom. The summed E-state index contributed by atoms with van der Waals surface area (Å²) in [6.07, 6.45) is 0. The van der Waals surface area contributed by atoms with Crippen molar-refractivity contribution in [3.63, 3.8) is 0 Å². The number of rotatable bonds is 8. The monoisotopic (exact) mass is 378 g/mol. The SMILES string of the molecule is COc1ccc(COC(=O)COc2ccccc2-c2ccccc2)cc1OC. The lowest BCUT2D eigenvalue weighted by atomic mass is 10.1. The summed E-state index contributed by atoms with van der Waals surface area (Å²) in [6, 6.07) is 22.8. The summed E-state index contributed by atoms with van der Waals surface area (Å²) in [4.78, 5) is 12.1. The van der Waals surface area contributed by atoms with Crippen molar-refractivity contribution in [1.82, 2.24) is 0 Å². The molecule has 28 heavy (non-hydrogen) atoms. The summed E-state index contributed by atoms with van der Waals surface area (Å²) in [7, 11) is 3.13. The molecule has 0 fully saturated rings. The van der Waals surface area contributed by atoms with Crippen LogP contribution >= 0.6 is 0 Å². The minimum Gasteiger partial charge on any atom is -0.493 e. The minimum atomic E-state index is -0.447. The molecule has 0 radical (unpaired) electrons. The quantitative estimate of drug-likeness (QED) is 0.541. The fourth-order valence-electron chi connectivity index (χ4n) is 2.76. The molecule has 0 saturated heterocycles. The second-order valence-corrected chi connectivity index (χ2v) is 6.00. The number of hydrogen-bond donors (Lipinski definition) is 0. The molecule has 0 bridgehead atoms. The van der Waals surface area contributed by atoms with Crippen LogP contribution in [0.5, 0.6) is 17.2 Å². The molecular formula is C23H22O5. The molecule has 3 aromatic rings. The number of methoxy groups -OCH3 is 2. The van der Waals surface area contributed by atoms with Gasteiger partial charge in [0.05, 0.1) is 14.2 Å². The van der Waals surface area contributed by atoms with Crippen molar-refractivity contribution in [3.8, 4) is 28.4 Å². The maximum Gasteiger partial charge on any atom is 0.344 e. The summed E-state index contributed by atoms with van der Waals surface area (Å²) in [5, 5.41) is 0. The van der Waals surface area contributed by atoms with E-state index in [0.717, 1.165) is 16.7 Å². The van der Waals surface area contributed by atoms with Gasteiger partial charge in [-0.15, -0.1) is 0 Å². The lowest BCUT2D eigenvalue weighted by Crippen LogP contribution is -2.15. The third-order valence-electron chi connectivity index (χ3n) is 4.17. The van der Waals surface area contributed by atoms with Gasteiger partial charge in [-0.3, -0.25) is 0 Å². The van der Waals surface area contributed by atoms with Gasteiger partial charge in [-0.25, -0.2) is 4.79 Å². The third-order valence-corrected chi connectivity index (χ3v) is 4.17. The first-order valence-electron chi connectivity index (χ1n) is 8.85. The van der Waals surface area contributed by atoms with Crippen LogP contribution in [0, 0.1) is 0 Å². The van der Waals surface area contributed by atoms with E-state index in [1.54, 1.807) is 26.4 Å². The van der Waals surface area contributed by atoms with Gasteiger partial charge >= 0.3 is 5.97 Å². The molecule has 3 rings (SSSR count). The molecule has 0 amide bonds. The molecule has 0 aromatic heterocycles. The maximum atomic E-state index is 12.1. The first kappa shape index (κ1) is 19.3. The van der Waals surface area contributed by atoms with Gasteiger partial charge in [-0.05, 0) is 29.3 Å². The highest BCUT2D eigenvalue weighted by molar-refractivity contribution is 5.73. The Morgan fingerprint density at radius 1 is 0.786 bits per heavy atom. The zero-order valence-electron chi connectivity index (χ0n) is 15.9. The lowest BCUT2D eigenvalue weighted by Gasteiger charge is -2.12. The first-order valence-corrected chi connectivity index (χ1v) is 8.85. The molecule has 0 spiro atoms. The van der Waals surface area contributed by atoms with Crippen molar-refractivity contribution in [1.29, 1.82) is 0 Å². The molecule has 5 heteroatoms. The first-order chi connectivity index (χ1) is 13.7. The molecule has 0 atom stereocenters. The predicted octanol–water partition coefficient (Wildman–Crippen LogP) is 4.49. The highest BCUT2D eigenvalue weighted by atomic mass is 16.6.